The first-order valence-electron chi connectivity index (χ1n) is 19.6. The molecule has 0 aromatic rings. The number of ketones is 1. The van der Waals surface area contributed by atoms with Gasteiger partial charge in [0, 0.05) is 32.1 Å². The molecule has 1 saturated carbocycles. The highest BCUT2D eigenvalue weighted by molar-refractivity contribution is 5.99. The minimum absolute atomic E-state index is 0.0264. The summed E-state index contributed by atoms with van der Waals surface area (Å²) in [5.41, 5.74) is 0.745. The van der Waals surface area contributed by atoms with Gasteiger partial charge in [-0.05, 0) is 109 Å². The Labute approximate surface area is 304 Å². The molecule has 51 heavy (non-hydrogen) atoms. The van der Waals surface area contributed by atoms with Gasteiger partial charge in [-0.3, -0.25) is 9.59 Å². The first-order valence-corrected chi connectivity index (χ1v) is 19.6. The topological polar surface area (TPSA) is 122 Å². The highest BCUT2D eigenvalue weighted by atomic mass is 16.7. The molecule has 0 spiro atoms. The summed E-state index contributed by atoms with van der Waals surface area (Å²) in [7, 11) is 7.28. The molecule has 11 heteroatoms. The predicted octanol–water partition coefficient (Wildman–Crippen LogP) is 4.83. The Morgan fingerprint density at radius 3 is 2.35 bits per heavy atom. The maximum Gasteiger partial charge on any atom is 0.306 e. The number of hydrogen-bond acceptors (Lipinski definition) is 11. The Kier molecular flexibility index (Phi) is 12.8. The van der Waals surface area contributed by atoms with Crippen LogP contribution in [0.25, 0.3) is 0 Å². The van der Waals surface area contributed by atoms with Crippen molar-refractivity contribution in [2.24, 2.45) is 35.5 Å². The summed E-state index contributed by atoms with van der Waals surface area (Å²) in [6.07, 6.45) is 9.22. The van der Waals surface area contributed by atoms with Crippen LogP contribution in [0, 0.1) is 35.5 Å². The number of hydrogen-bond donors (Lipinski definition) is 1. The van der Waals surface area contributed by atoms with Crippen LogP contribution in [-0.2, 0) is 42.7 Å². The van der Waals surface area contributed by atoms with E-state index in [1.54, 1.807) is 14.2 Å². The SMILES string of the molecule is CC[C@H]1CCC[C@H](O[C@@H]2CC[C@@H](N(C)C)[C@H](C)O2)[C@@H](C)C(=O)C2=C[C@@H]3[C@@H](C=C[C@@H]4C[C@@H](O[C@@H]5O[C@@H](C)[C@H](OC)[C@@H](O)[C@H]5OC)C[C@@H]34)[C@@H]2CC(=O)O1. The summed E-state index contributed by atoms with van der Waals surface area (Å²) in [6, 6.07) is 0.334. The van der Waals surface area contributed by atoms with Gasteiger partial charge in [0.25, 0.3) is 0 Å². The second kappa shape index (κ2) is 16.8. The highest BCUT2D eigenvalue weighted by Gasteiger charge is 2.52. The predicted molar refractivity (Wildman–Crippen MR) is 189 cm³/mol. The molecular formula is C40H63NO10. The number of nitrogens with zero attached hydrogens (tertiary/aromatic N) is 1. The van der Waals surface area contributed by atoms with Crippen LogP contribution >= 0.6 is 0 Å². The molecule has 11 nitrogen and oxygen atoms in total. The van der Waals surface area contributed by atoms with Crippen LogP contribution in [0.2, 0.25) is 0 Å². The average molecular weight is 718 g/mol. The zero-order valence-corrected chi connectivity index (χ0v) is 32.0. The van der Waals surface area contributed by atoms with E-state index in [-0.39, 0.29) is 90.5 Å². The second-order valence-electron chi connectivity index (χ2n) is 16.3. The normalized spacial score (nSPS) is 46.4. The molecule has 0 bridgehead atoms. The van der Waals surface area contributed by atoms with Gasteiger partial charge in [-0.25, -0.2) is 0 Å². The zero-order valence-electron chi connectivity index (χ0n) is 32.0. The van der Waals surface area contributed by atoms with Crippen molar-refractivity contribution in [1.29, 1.82) is 0 Å². The molecule has 288 valence electrons. The van der Waals surface area contributed by atoms with Crippen molar-refractivity contribution in [3.8, 4) is 0 Å². The number of aliphatic hydroxyl groups excluding tert-OH is 1. The van der Waals surface area contributed by atoms with Crippen LogP contribution in [0.1, 0.15) is 85.5 Å². The van der Waals surface area contributed by atoms with Gasteiger partial charge in [-0.1, -0.05) is 32.1 Å². The molecule has 0 unspecified atom stereocenters. The van der Waals surface area contributed by atoms with Crippen LogP contribution in [-0.4, -0.2) is 118 Å². The van der Waals surface area contributed by atoms with E-state index in [1.807, 2.05) is 13.8 Å². The Morgan fingerprint density at radius 2 is 1.67 bits per heavy atom. The third kappa shape index (κ3) is 8.21. The van der Waals surface area contributed by atoms with Crippen molar-refractivity contribution in [3.63, 3.8) is 0 Å². The van der Waals surface area contributed by atoms with Crippen LogP contribution in [0.15, 0.2) is 23.8 Å². The van der Waals surface area contributed by atoms with Crippen LogP contribution < -0.4 is 0 Å². The van der Waals surface area contributed by atoms with Gasteiger partial charge >= 0.3 is 5.97 Å². The summed E-state index contributed by atoms with van der Waals surface area (Å²) >= 11 is 0. The van der Waals surface area contributed by atoms with Crippen LogP contribution in [0.5, 0.6) is 0 Å². The third-order valence-electron chi connectivity index (χ3n) is 13.0. The number of allylic oxidation sites excluding steroid dienone is 4. The number of fused-ring (bicyclic) bond motifs is 5. The maximum absolute atomic E-state index is 14.6. The Morgan fingerprint density at radius 1 is 0.902 bits per heavy atom. The lowest BCUT2D eigenvalue weighted by Gasteiger charge is -2.42. The average Bonchev–Trinajstić information content (AvgIpc) is 3.67. The van der Waals surface area contributed by atoms with Gasteiger partial charge in [-0.2, -0.15) is 0 Å². The molecule has 0 amide bonds. The number of carbonyl (C=O) groups excluding carboxylic acids is 2. The van der Waals surface area contributed by atoms with E-state index in [1.165, 1.54) is 0 Å². The van der Waals surface area contributed by atoms with Crippen molar-refractivity contribution < 1.29 is 47.9 Å². The Hall–Kier alpha value is -1.70. The molecule has 3 aliphatic heterocycles. The molecule has 0 aromatic carbocycles. The van der Waals surface area contributed by atoms with Gasteiger partial charge in [0.2, 0.25) is 0 Å². The van der Waals surface area contributed by atoms with Crippen molar-refractivity contribution in [2.75, 3.05) is 28.3 Å². The molecule has 3 saturated heterocycles. The molecule has 3 aliphatic carbocycles. The monoisotopic (exact) mass is 717 g/mol. The zero-order chi connectivity index (χ0) is 36.6. The lowest BCUT2D eigenvalue weighted by molar-refractivity contribution is -0.311. The number of ether oxygens (including phenoxy) is 7. The van der Waals surface area contributed by atoms with E-state index in [0.717, 1.165) is 50.5 Å². The fourth-order valence-corrected chi connectivity index (χ4v) is 10.2. The van der Waals surface area contributed by atoms with Gasteiger partial charge in [0.1, 0.15) is 24.4 Å². The number of Topliss-reactive ketones (excluding diaryl/α,β-unsaturated/α-hetero) is 1. The minimum Gasteiger partial charge on any atom is -0.462 e. The molecular weight excluding hydrogens is 654 g/mol. The maximum atomic E-state index is 14.6. The van der Waals surface area contributed by atoms with Crippen LogP contribution in [0.4, 0.5) is 0 Å². The number of carbonyl (C=O) groups is 2. The first-order chi connectivity index (χ1) is 24.4. The summed E-state index contributed by atoms with van der Waals surface area (Å²) < 4.78 is 43.0. The largest absolute Gasteiger partial charge is 0.462 e. The first kappa shape index (κ1) is 39.0. The fourth-order valence-electron chi connectivity index (χ4n) is 10.2. The van der Waals surface area contributed by atoms with E-state index in [2.05, 4.69) is 51.1 Å². The fraction of sp³-hybridized carbons (Fsp3) is 0.850. The summed E-state index contributed by atoms with van der Waals surface area (Å²) in [6.45, 7) is 8.04. The van der Waals surface area contributed by atoms with E-state index in [0.29, 0.717) is 12.5 Å². The molecule has 0 radical (unpaired) electrons. The van der Waals surface area contributed by atoms with Crippen LogP contribution in [0.3, 0.4) is 0 Å². The summed E-state index contributed by atoms with van der Waals surface area (Å²) in [5.74, 6) is -0.141. The molecule has 3 heterocycles. The molecule has 6 rings (SSSR count). The Balaban J connectivity index is 1.20. The standard InChI is InChI=1S/C40H63NO10/c1-9-25-11-10-12-33(51-35-16-15-32(41(5)6)22(3)47-35)21(2)36(43)31-19-29-27(30(31)20-34(42)49-25)14-13-24-17-26(18-28(24)29)50-40-39(46-8)37(44)38(45-7)23(4)48-40/h13-14,19,21-30,32-33,35,37-40,44H,9-12,15-18,20H2,1-8H3/t21-,22+,23+,24-,25+,26-,27-,28-,29-,30+,32-,33+,35-,37-,38+,39-,40+/m1/s1. The minimum atomic E-state index is -0.880. The van der Waals surface area contributed by atoms with E-state index in [4.69, 9.17) is 33.2 Å². The smallest absolute Gasteiger partial charge is 0.306 e. The Bertz CT molecular complexity index is 1270. The van der Waals surface area contributed by atoms with Crippen molar-refractivity contribution in [2.45, 2.75) is 153 Å². The molecule has 17 atom stereocenters. The van der Waals surface area contributed by atoms with Crippen molar-refractivity contribution in [3.05, 3.63) is 23.8 Å². The van der Waals surface area contributed by atoms with Gasteiger partial charge in [0.05, 0.1) is 30.8 Å². The molecule has 6 aliphatic rings. The van der Waals surface area contributed by atoms with E-state index < -0.39 is 24.6 Å². The van der Waals surface area contributed by atoms with Gasteiger partial charge in [-0.15, -0.1) is 0 Å². The van der Waals surface area contributed by atoms with E-state index in [9.17, 15) is 14.7 Å². The van der Waals surface area contributed by atoms with Gasteiger partial charge < -0.3 is 43.2 Å². The lowest BCUT2D eigenvalue weighted by atomic mass is 9.70. The van der Waals surface area contributed by atoms with Crippen molar-refractivity contribution in [1.82, 2.24) is 4.90 Å². The van der Waals surface area contributed by atoms with Crippen molar-refractivity contribution >= 4 is 11.8 Å². The van der Waals surface area contributed by atoms with Gasteiger partial charge in [0.15, 0.2) is 18.4 Å². The number of rotatable bonds is 8. The highest BCUT2D eigenvalue weighted by Crippen LogP contribution is 2.54. The molecule has 4 fully saturated rings. The van der Waals surface area contributed by atoms with E-state index >= 15 is 0 Å². The third-order valence-corrected chi connectivity index (χ3v) is 13.0. The number of cyclic esters (lactones) is 1. The molecule has 0 aromatic heterocycles. The number of likely N-dealkylation sites (N-methyl/N-ethyl adjacent to an activating group) is 1. The number of aliphatic hydroxyl groups is 1. The summed E-state index contributed by atoms with van der Waals surface area (Å²) in [4.78, 5) is 30.3. The summed E-state index contributed by atoms with van der Waals surface area (Å²) in [5, 5.41) is 10.9. The number of methoxy groups -OCH3 is 2. The molecule has 1 N–H and O–H groups in total. The quantitative estimate of drug-likeness (QED) is 0.275. The second-order valence-corrected chi connectivity index (χ2v) is 16.3. The number of esters is 1. The lowest BCUT2D eigenvalue weighted by Crippen LogP contribution is -2.59.